The van der Waals surface area contributed by atoms with Crippen molar-refractivity contribution in [1.82, 2.24) is 14.9 Å². The van der Waals surface area contributed by atoms with Crippen molar-refractivity contribution in [2.24, 2.45) is 0 Å². The van der Waals surface area contributed by atoms with Gasteiger partial charge < -0.3 is 4.74 Å². The number of rotatable bonds is 5. The van der Waals surface area contributed by atoms with Crippen molar-refractivity contribution < 1.29 is 17.9 Å². The Morgan fingerprint density at radius 1 is 1.10 bits per heavy atom. The predicted octanol–water partition coefficient (Wildman–Crippen LogP) is 2.72. The van der Waals surface area contributed by atoms with Gasteiger partial charge in [-0.3, -0.25) is 9.10 Å². The number of aromatic amines is 1. The summed E-state index contributed by atoms with van der Waals surface area (Å²) in [5.74, 6) is 0. The topological polar surface area (TPSA) is 121 Å². The van der Waals surface area contributed by atoms with Crippen LogP contribution in [0.4, 0.5) is 10.5 Å². The van der Waals surface area contributed by atoms with Crippen molar-refractivity contribution in [1.29, 1.82) is 0 Å². The molecule has 0 saturated heterocycles. The van der Waals surface area contributed by atoms with Gasteiger partial charge in [-0.25, -0.2) is 14.6 Å². The molecule has 31 heavy (non-hydrogen) atoms. The van der Waals surface area contributed by atoms with E-state index in [2.05, 4.69) is 10.2 Å². The molecule has 3 aromatic rings. The highest BCUT2D eigenvalue weighted by Gasteiger charge is 2.25. The largest absolute Gasteiger partial charge is 0.443 e. The van der Waals surface area contributed by atoms with Gasteiger partial charge >= 0.3 is 16.3 Å². The molecule has 0 saturated carbocycles. The second-order valence-electron chi connectivity index (χ2n) is 7.96. The normalized spacial score (nSPS) is 11.9. The lowest BCUT2D eigenvalue weighted by molar-refractivity contribution is 0.0570. The van der Waals surface area contributed by atoms with Crippen LogP contribution in [0.2, 0.25) is 0 Å². The first kappa shape index (κ1) is 22.3. The molecular weight excluding hydrogens is 420 g/mol. The fourth-order valence-electron chi connectivity index (χ4n) is 2.93. The third-order valence-electron chi connectivity index (χ3n) is 4.42. The Labute approximate surface area is 180 Å². The number of carbonyl (C=O) groups is 1. The summed E-state index contributed by atoms with van der Waals surface area (Å²) in [5, 5.41) is 7.98. The molecule has 0 spiro atoms. The van der Waals surface area contributed by atoms with E-state index in [9.17, 15) is 18.0 Å². The van der Waals surface area contributed by atoms with E-state index < -0.39 is 21.9 Å². The van der Waals surface area contributed by atoms with Crippen LogP contribution in [0.3, 0.4) is 0 Å². The van der Waals surface area contributed by atoms with Crippen LogP contribution in [-0.2, 0) is 21.4 Å². The Morgan fingerprint density at radius 3 is 2.32 bits per heavy atom. The van der Waals surface area contributed by atoms with Crippen LogP contribution in [-0.4, -0.2) is 37.4 Å². The molecule has 3 rings (SSSR count). The predicted molar refractivity (Wildman–Crippen MR) is 118 cm³/mol. The first-order chi connectivity index (χ1) is 14.5. The number of carbonyl (C=O) groups excluding carboxylic acids is 1. The zero-order chi connectivity index (χ0) is 22.8. The number of hydrogen-bond acceptors (Lipinski definition) is 6. The number of nitrogens with one attached hydrogen (secondary N) is 2. The third kappa shape index (κ3) is 5.40. The standard InChI is InChI=1S/C21H24N4O5S/c1-21(2,3)30-20(27)24-31(28,29)25(4)15-11-9-14(10-12-15)13-18-16-7-5-6-8-17(16)19(26)23-22-18/h5-12H,13H2,1-4H3,(H,23,26)(H,24,27). The molecule has 0 aliphatic carbocycles. The minimum absolute atomic E-state index is 0.251. The first-order valence-corrected chi connectivity index (χ1v) is 11.0. The second kappa shape index (κ2) is 8.38. The lowest BCUT2D eigenvalue weighted by Gasteiger charge is -2.23. The molecule has 2 N–H and O–H groups in total. The molecule has 0 atom stereocenters. The highest BCUT2D eigenvalue weighted by atomic mass is 32.2. The molecule has 0 radical (unpaired) electrons. The minimum atomic E-state index is -4.13. The van der Waals surface area contributed by atoms with Crippen molar-refractivity contribution in [3.8, 4) is 0 Å². The van der Waals surface area contributed by atoms with Gasteiger partial charge in [-0.15, -0.1) is 0 Å². The molecule has 9 nitrogen and oxygen atoms in total. The van der Waals surface area contributed by atoms with E-state index in [-0.39, 0.29) is 5.56 Å². The van der Waals surface area contributed by atoms with Crippen LogP contribution in [0.25, 0.3) is 10.8 Å². The summed E-state index contributed by atoms with van der Waals surface area (Å²) >= 11 is 0. The number of hydrogen-bond donors (Lipinski definition) is 2. The Morgan fingerprint density at radius 2 is 1.71 bits per heavy atom. The fourth-order valence-corrected chi connectivity index (χ4v) is 3.72. The molecule has 0 aliphatic rings. The van der Waals surface area contributed by atoms with Gasteiger partial charge in [-0.05, 0) is 44.5 Å². The van der Waals surface area contributed by atoms with Crippen LogP contribution in [0.5, 0.6) is 0 Å². The summed E-state index contributed by atoms with van der Waals surface area (Å²) in [5.41, 5.74) is 0.868. The molecule has 1 heterocycles. The van der Waals surface area contributed by atoms with Crippen LogP contribution >= 0.6 is 0 Å². The molecular formula is C21H24N4O5S. The molecule has 0 fully saturated rings. The Hall–Kier alpha value is -3.40. The molecule has 0 bridgehead atoms. The molecule has 164 valence electrons. The maximum Gasteiger partial charge on any atom is 0.422 e. The summed E-state index contributed by atoms with van der Waals surface area (Å²) in [7, 11) is -2.80. The van der Waals surface area contributed by atoms with Crippen molar-refractivity contribution in [3.05, 3.63) is 70.1 Å². The van der Waals surface area contributed by atoms with Gasteiger partial charge in [0, 0.05) is 18.9 Å². The summed E-state index contributed by atoms with van der Waals surface area (Å²) in [6, 6.07) is 14.0. The van der Waals surface area contributed by atoms with E-state index >= 15 is 0 Å². The quantitative estimate of drug-likeness (QED) is 0.624. The number of anilines is 1. The lowest BCUT2D eigenvalue weighted by atomic mass is 10.0. The van der Waals surface area contributed by atoms with Crippen molar-refractivity contribution in [3.63, 3.8) is 0 Å². The van der Waals surface area contributed by atoms with Gasteiger partial charge in [0.15, 0.2) is 0 Å². The molecule has 10 heteroatoms. The number of aromatic nitrogens is 2. The Kier molecular flexibility index (Phi) is 6.03. The number of fused-ring (bicyclic) bond motifs is 1. The van der Waals surface area contributed by atoms with Crippen LogP contribution in [0, 0.1) is 0 Å². The van der Waals surface area contributed by atoms with Crippen LogP contribution in [0.15, 0.2) is 53.3 Å². The van der Waals surface area contributed by atoms with Crippen molar-refractivity contribution >= 4 is 32.8 Å². The molecule has 0 unspecified atom stereocenters. The van der Waals surface area contributed by atoms with Crippen molar-refractivity contribution in [2.75, 3.05) is 11.4 Å². The Bertz CT molecular complexity index is 1260. The van der Waals surface area contributed by atoms with E-state index in [1.165, 1.54) is 7.05 Å². The number of ether oxygens (including phenoxy) is 1. The van der Waals surface area contributed by atoms with Crippen LogP contribution < -0.4 is 14.6 Å². The number of amides is 1. The highest BCUT2D eigenvalue weighted by Crippen LogP contribution is 2.20. The monoisotopic (exact) mass is 444 g/mol. The maximum atomic E-state index is 12.5. The average Bonchev–Trinajstić information content (AvgIpc) is 2.68. The molecule has 1 amide bonds. The third-order valence-corrected chi connectivity index (χ3v) is 5.77. The Balaban J connectivity index is 1.77. The number of benzene rings is 2. The van der Waals surface area contributed by atoms with Gasteiger partial charge in [0.25, 0.3) is 5.56 Å². The summed E-state index contributed by atoms with van der Waals surface area (Å²) in [4.78, 5) is 23.8. The number of H-pyrrole nitrogens is 1. The van der Waals surface area contributed by atoms with Gasteiger partial charge in [0.1, 0.15) is 5.60 Å². The first-order valence-electron chi connectivity index (χ1n) is 9.51. The molecule has 2 aromatic carbocycles. The van der Waals surface area contributed by atoms with Gasteiger partial charge in [-0.2, -0.15) is 13.5 Å². The summed E-state index contributed by atoms with van der Waals surface area (Å²) in [6.45, 7) is 4.92. The van der Waals surface area contributed by atoms with Crippen LogP contribution in [0.1, 0.15) is 32.0 Å². The van der Waals surface area contributed by atoms with E-state index in [4.69, 9.17) is 4.74 Å². The van der Waals surface area contributed by atoms with E-state index in [1.807, 2.05) is 16.9 Å². The number of nitrogens with zero attached hydrogens (tertiary/aromatic N) is 2. The molecule has 0 aliphatic heterocycles. The van der Waals surface area contributed by atoms with E-state index in [0.717, 1.165) is 15.3 Å². The lowest BCUT2D eigenvalue weighted by Crippen LogP contribution is -2.43. The highest BCUT2D eigenvalue weighted by molar-refractivity contribution is 7.91. The summed E-state index contributed by atoms with van der Waals surface area (Å²) in [6.07, 6.45) is -0.600. The fraction of sp³-hybridized carbons (Fsp3) is 0.286. The summed E-state index contributed by atoms with van der Waals surface area (Å²) < 4.78 is 32.7. The van der Waals surface area contributed by atoms with Gasteiger partial charge in [-0.1, -0.05) is 30.3 Å². The SMILES string of the molecule is CN(c1ccc(Cc2n[nH]c(=O)c3ccccc23)cc1)S(=O)(=O)NC(=O)OC(C)(C)C. The van der Waals surface area contributed by atoms with E-state index in [0.29, 0.717) is 23.2 Å². The van der Waals surface area contributed by atoms with Crippen molar-refractivity contribution in [2.45, 2.75) is 32.8 Å². The zero-order valence-electron chi connectivity index (χ0n) is 17.7. The minimum Gasteiger partial charge on any atom is -0.443 e. The average molecular weight is 445 g/mol. The zero-order valence-corrected chi connectivity index (χ0v) is 18.5. The van der Waals surface area contributed by atoms with Gasteiger partial charge in [0.05, 0.1) is 16.8 Å². The molecule has 1 aromatic heterocycles. The second-order valence-corrected chi connectivity index (χ2v) is 9.67. The smallest absolute Gasteiger partial charge is 0.422 e. The van der Waals surface area contributed by atoms with E-state index in [1.54, 1.807) is 57.2 Å². The van der Waals surface area contributed by atoms with Gasteiger partial charge in [0.2, 0.25) is 0 Å². The maximum absolute atomic E-state index is 12.5.